The molecule has 3 rings (SSSR count). The van der Waals surface area contributed by atoms with Gasteiger partial charge >= 0.3 is 6.03 Å². The lowest BCUT2D eigenvalue weighted by Gasteiger charge is -2.34. The fourth-order valence-electron chi connectivity index (χ4n) is 2.78. The SMILES string of the molecule is CCc1nsc(N2CCN(C(=O)NCC(C)Cn3cccn3)CC2)n1. The Morgan fingerprint density at radius 3 is 2.80 bits per heavy atom. The molecule has 0 saturated carbocycles. The van der Waals surface area contributed by atoms with Gasteiger partial charge in [-0.05, 0) is 12.0 Å². The van der Waals surface area contributed by atoms with Gasteiger partial charge in [0.1, 0.15) is 5.82 Å². The summed E-state index contributed by atoms with van der Waals surface area (Å²) in [6.07, 6.45) is 4.57. The fraction of sp³-hybridized carbons (Fsp3) is 0.625. The zero-order valence-corrected chi connectivity index (χ0v) is 15.6. The van der Waals surface area contributed by atoms with Gasteiger partial charge in [0.2, 0.25) is 5.13 Å². The Morgan fingerprint density at radius 2 is 2.16 bits per heavy atom. The van der Waals surface area contributed by atoms with Crippen LogP contribution in [-0.2, 0) is 13.0 Å². The Balaban J connectivity index is 1.40. The number of aromatic nitrogens is 4. The van der Waals surface area contributed by atoms with Crippen LogP contribution in [0.25, 0.3) is 0 Å². The maximum Gasteiger partial charge on any atom is 0.317 e. The Kier molecular flexibility index (Phi) is 5.85. The van der Waals surface area contributed by atoms with Crippen LogP contribution in [0.5, 0.6) is 0 Å². The van der Waals surface area contributed by atoms with Crippen LogP contribution < -0.4 is 10.2 Å². The molecule has 2 aromatic rings. The first kappa shape index (κ1) is 17.7. The van der Waals surface area contributed by atoms with Crippen molar-refractivity contribution >= 4 is 22.7 Å². The van der Waals surface area contributed by atoms with Gasteiger partial charge in [-0.25, -0.2) is 9.78 Å². The summed E-state index contributed by atoms with van der Waals surface area (Å²) >= 11 is 1.44. The highest BCUT2D eigenvalue weighted by atomic mass is 32.1. The van der Waals surface area contributed by atoms with Crippen molar-refractivity contribution in [3.05, 3.63) is 24.3 Å². The van der Waals surface area contributed by atoms with Crippen molar-refractivity contribution in [3.63, 3.8) is 0 Å². The molecule has 0 spiro atoms. The number of hydrogen-bond donors (Lipinski definition) is 1. The van der Waals surface area contributed by atoms with E-state index >= 15 is 0 Å². The van der Waals surface area contributed by atoms with E-state index in [1.165, 1.54) is 11.5 Å². The molecular formula is C16H25N7OS. The first-order valence-corrected chi connectivity index (χ1v) is 9.50. The average molecular weight is 363 g/mol. The minimum absolute atomic E-state index is 0.0125. The molecule has 1 atom stereocenters. The molecule has 1 aliphatic rings. The monoisotopic (exact) mass is 363 g/mol. The van der Waals surface area contributed by atoms with Crippen molar-refractivity contribution in [2.75, 3.05) is 37.6 Å². The largest absolute Gasteiger partial charge is 0.343 e. The van der Waals surface area contributed by atoms with E-state index in [0.717, 1.165) is 37.0 Å². The third-order valence-corrected chi connectivity index (χ3v) is 5.09. The Bertz CT molecular complexity index is 664. The van der Waals surface area contributed by atoms with Crippen LogP contribution in [0, 0.1) is 5.92 Å². The lowest BCUT2D eigenvalue weighted by molar-refractivity contribution is 0.192. The first-order valence-electron chi connectivity index (χ1n) is 8.73. The summed E-state index contributed by atoms with van der Waals surface area (Å²) in [5, 5.41) is 8.19. The smallest absolute Gasteiger partial charge is 0.317 e. The number of anilines is 1. The maximum absolute atomic E-state index is 12.3. The van der Waals surface area contributed by atoms with Crippen molar-refractivity contribution in [3.8, 4) is 0 Å². The van der Waals surface area contributed by atoms with E-state index in [0.29, 0.717) is 25.6 Å². The van der Waals surface area contributed by atoms with Gasteiger partial charge in [-0.3, -0.25) is 4.68 Å². The standard InChI is InChI=1S/C16H25N7OS/c1-3-14-19-16(25-20-14)22-9-7-21(8-10-22)15(24)17-11-13(2)12-23-6-4-5-18-23/h4-6,13H,3,7-12H2,1-2H3,(H,17,24). The van der Waals surface area contributed by atoms with Crippen molar-refractivity contribution in [1.29, 1.82) is 0 Å². The fourth-order valence-corrected chi connectivity index (χ4v) is 3.58. The molecule has 1 aliphatic heterocycles. The zero-order chi connectivity index (χ0) is 17.6. The predicted octanol–water partition coefficient (Wildman–Crippen LogP) is 1.46. The molecule has 1 fully saturated rings. The molecule has 25 heavy (non-hydrogen) atoms. The highest BCUT2D eigenvalue weighted by Crippen LogP contribution is 2.19. The highest BCUT2D eigenvalue weighted by Gasteiger charge is 2.23. The molecule has 9 heteroatoms. The number of amides is 2. The molecule has 0 aliphatic carbocycles. The third-order valence-electron chi connectivity index (χ3n) is 4.27. The van der Waals surface area contributed by atoms with E-state index in [1.807, 2.05) is 21.8 Å². The molecule has 8 nitrogen and oxygen atoms in total. The maximum atomic E-state index is 12.3. The summed E-state index contributed by atoms with van der Waals surface area (Å²) in [7, 11) is 0. The second-order valence-corrected chi connectivity index (χ2v) is 7.07. The second-order valence-electron chi connectivity index (χ2n) is 6.34. The van der Waals surface area contributed by atoms with Crippen LogP contribution in [0.15, 0.2) is 18.5 Å². The molecule has 1 saturated heterocycles. The van der Waals surface area contributed by atoms with Crippen molar-refractivity contribution in [2.45, 2.75) is 26.8 Å². The van der Waals surface area contributed by atoms with Crippen LogP contribution in [0.2, 0.25) is 0 Å². The van der Waals surface area contributed by atoms with Gasteiger partial charge in [0.15, 0.2) is 0 Å². The minimum Gasteiger partial charge on any atom is -0.343 e. The zero-order valence-electron chi connectivity index (χ0n) is 14.8. The number of aryl methyl sites for hydroxylation is 1. The van der Waals surface area contributed by atoms with Crippen LogP contribution in [0.3, 0.4) is 0 Å². The van der Waals surface area contributed by atoms with Gasteiger partial charge in [-0.2, -0.15) is 9.47 Å². The molecule has 0 bridgehead atoms. The third kappa shape index (κ3) is 4.68. The molecular weight excluding hydrogens is 338 g/mol. The summed E-state index contributed by atoms with van der Waals surface area (Å²) in [6, 6.07) is 1.92. The van der Waals surface area contributed by atoms with Crippen LogP contribution in [0.1, 0.15) is 19.7 Å². The van der Waals surface area contributed by atoms with Gasteiger partial charge in [0.25, 0.3) is 0 Å². The van der Waals surface area contributed by atoms with E-state index in [4.69, 9.17) is 0 Å². The second kappa shape index (κ2) is 8.28. The summed E-state index contributed by atoms with van der Waals surface area (Å²) in [5.41, 5.74) is 0. The Labute approximate surface area is 152 Å². The van der Waals surface area contributed by atoms with Gasteiger partial charge in [0, 0.05) is 69.6 Å². The Hall–Kier alpha value is -2.16. The quantitative estimate of drug-likeness (QED) is 0.841. The molecule has 1 N–H and O–H groups in total. The van der Waals surface area contributed by atoms with E-state index in [1.54, 1.807) is 6.20 Å². The number of piperazine rings is 1. The van der Waals surface area contributed by atoms with Gasteiger partial charge in [-0.1, -0.05) is 13.8 Å². The summed E-state index contributed by atoms with van der Waals surface area (Å²) in [4.78, 5) is 21.0. The van der Waals surface area contributed by atoms with E-state index in [9.17, 15) is 4.79 Å². The topological polar surface area (TPSA) is 79.2 Å². The number of hydrogen-bond acceptors (Lipinski definition) is 6. The number of rotatable bonds is 6. The number of urea groups is 1. The van der Waals surface area contributed by atoms with E-state index < -0.39 is 0 Å². The van der Waals surface area contributed by atoms with E-state index in [2.05, 4.69) is 38.5 Å². The summed E-state index contributed by atoms with van der Waals surface area (Å²) in [6.45, 7) is 8.64. The van der Waals surface area contributed by atoms with E-state index in [-0.39, 0.29) is 6.03 Å². The van der Waals surface area contributed by atoms with Crippen molar-refractivity contribution in [1.82, 2.24) is 29.4 Å². The molecule has 2 amide bonds. The van der Waals surface area contributed by atoms with Crippen LogP contribution in [0.4, 0.5) is 9.93 Å². The minimum atomic E-state index is 0.0125. The lowest BCUT2D eigenvalue weighted by Crippen LogP contribution is -2.52. The summed E-state index contributed by atoms with van der Waals surface area (Å²) in [5.74, 6) is 1.23. The van der Waals surface area contributed by atoms with Gasteiger partial charge in [-0.15, -0.1) is 0 Å². The van der Waals surface area contributed by atoms with Gasteiger partial charge in [0.05, 0.1) is 0 Å². The lowest BCUT2D eigenvalue weighted by atomic mass is 10.2. The predicted molar refractivity (Wildman–Crippen MR) is 97.9 cm³/mol. The average Bonchev–Trinajstić information content (AvgIpc) is 3.31. The number of nitrogens with one attached hydrogen (secondary N) is 1. The molecule has 1 unspecified atom stereocenters. The highest BCUT2D eigenvalue weighted by molar-refractivity contribution is 7.09. The summed E-state index contributed by atoms with van der Waals surface area (Å²) < 4.78 is 6.22. The number of nitrogens with zero attached hydrogens (tertiary/aromatic N) is 6. The van der Waals surface area contributed by atoms with Gasteiger partial charge < -0.3 is 15.1 Å². The number of carbonyl (C=O) groups excluding carboxylic acids is 1. The normalized spacial score (nSPS) is 16.1. The molecule has 136 valence electrons. The first-order chi connectivity index (χ1) is 12.2. The Morgan fingerprint density at radius 1 is 1.36 bits per heavy atom. The molecule has 0 aromatic carbocycles. The van der Waals surface area contributed by atoms with Crippen LogP contribution in [-0.4, -0.2) is 62.8 Å². The van der Waals surface area contributed by atoms with Crippen molar-refractivity contribution < 1.29 is 4.79 Å². The number of carbonyl (C=O) groups is 1. The molecule has 3 heterocycles. The van der Waals surface area contributed by atoms with Crippen molar-refractivity contribution in [2.24, 2.45) is 5.92 Å². The molecule has 0 radical (unpaired) electrons. The molecule has 2 aromatic heterocycles. The van der Waals surface area contributed by atoms with Crippen LogP contribution >= 0.6 is 11.5 Å².